The molecule has 0 fully saturated rings. The van der Waals surface area contributed by atoms with Crippen LogP contribution in [0.5, 0.6) is 0 Å². The van der Waals surface area contributed by atoms with Gasteiger partial charge in [0.25, 0.3) is 0 Å². The maximum atomic E-state index is 13.7. The quantitative estimate of drug-likeness (QED) is 0.940. The summed E-state index contributed by atoms with van der Waals surface area (Å²) in [7, 11) is 0. The average molecular weight is 287 g/mol. The number of rotatable bonds is 3. The van der Waals surface area contributed by atoms with E-state index in [9.17, 15) is 13.6 Å². The normalized spacial score (nSPS) is 17.3. The molecule has 1 atom stereocenters. The van der Waals surface area contributed by atoms with E-state index < -0.39 is 11.6 Å². The summed E-state index contributed by atoms with van der Waals surface area (Å²) in [6.45, 7) is 1.22. The van der Waals surface area contributed by atoms with Gasteiger partial charge in [0.05, 0.1) is 5.92 Å². The molecule has 1 aliphatic rings. The minimum absolute atomic E-state index is 0.148. The van der Waals surface area contributed by atoms with Crippen molar-refractivity contribution in [2.45, 2.75) is 18.9 Å². The van der Waals surface area contributed by atoms with Crippen molar-refractivity contribution in [3.05, 3.63) is 70.8 Å². The van der Waals surface area contributed by atoms with Crippen LogP contribution in [0.3, 0.4) is 0 Å². The Morgan fingerprint density at radius 2 is 1.81 bits per heavy atom. The molecule has 108 valence electrons. The van der Waals surface area contributed by atoms with Gasteiger partial charge in [0.2, 0.25) is 0 Å². The molecule has 1 N–H and O–H groups in total. The van der Waals surface area contributed by atoms with Gasteiger partial charge >= 0.3 is 0 Å². The molecule has 0 spiro atoms. The zero-order valence-corrected chi connectivity index (χ0v) is 11.4. The van der Waals surface area contributed by atoms with Gasteiger partial charge in [-0.2, -0.15) is 0 Å². The summed E-state index contributed by atoms with van der Waals surface area (Å²) in [6.07, 6.45) is -0.223. The topological polar surface area (TPSA) is 29.1 Å². The van der Waals surface area contributed by atoms with Crippen LogP contribution in [-0.4, -0.2) is 12.3 Å². The second-order valence-corrected chi connectivity index (χ2v) is 5.23. The van der Waals surface area contributed by atoms with Gasteiger partial charge in [-0.1, -0.05) is 30.3 Å². The van der Waals surface area contributed by atoms with E-state index >= 15 is 0 Å². The Balaban J connectivity index is 1.87. The van der Waals surface area contributed by atoms with Crippen LogP contribution in [0.25, 0.3) is 0 Å². The molecule has 0 aromatic heterocycles. The van der Waals surface area contributed by atoms with Gasteiger partial charge < -0.3 is 5.32 Å². The van der Waals surface area contributed by atoms with E-state index in [0.717, 1.165) is 11.1 Å². The number of hydrogen-bond donors (Lipinski definition) is 1. The fraction of sp³-hybridized carbons (Fsp3) is 0.235. The molecule has 0 amide bonds. The van der Waals surface area contributed by atoms with Crippen molar-refractivity contribution in [1.82, 2.24) is 5.32 Å². The van der Waals surface area contributed by atoms with Gasteiger partial charge in [-0.3, -0.25) is 4.79 Å². The van der Waals surface area contributed by atoms with E-state index in [-0.39, 0.29) is 23.7 Å². The highest BCUT2D eigenvalue weighted by atomic mass is 19.1. The smallest absolute Gasteiger partial charge is 0.146 e. The molecule has 0 aliphatic carbocycles. The zero-order valence-electron chi connectivity index (χ0n) is 11.4. The molecule has 0 bridgehead atoms. The predicted molar refractivity (Wildman–Crippen MR) is 76.0 cm³/mol. The third kappa shape index (κ3) is 2.72. The van der Waals surface area contributed by atoms with Gasteiger partial charge in [0.15, 0.2) is 0 Å². The molecule has 21 heavy (non-hydrogen) atoms. The average Bonchev–Trinajstić information content (AvgIpc) is 2.50. The van der Waals surface area contributed by atoms with Gasteiger partial charge in [-0.05, 0) is 23.3 Å². The number of benzene rings is 2. The Morgan fingerprint density at radius 3 is 2.57 bits per heavy atom. The number of halogens is 2. The number of hydrogen-bond acceptors (Lipinski definition) is 2. The number of ketones is 1. The SMILES string of the molecule is O=C(Cc1c(F)cccc1F)C1CNCc2ccccc21. The molecule has 1 aliphatic heterocycles. The standard InChI is InChI=1S/C17H15F2NO/c18-15-6-3-7-16(19)13(15)8-17(21)14-10-20-9-11-4-1-2-5-12(11)14/h1-7,14,20H,8-10H2. The van der Waals surface area contributed by atoms with Gasteiger partial charge in [-0.25, -0.2) is 8.78 Å². The monoisotopic (exact) mass is 287 g/mol. The van der Waals surface area contributed by atoms with E-state index in [1.807, 2.05) is 24.3 Å². The Kier molecular flexibility index (Phi) is 3.80. The van der Waals surface area contributed by atoms with Crippen molar-refractivity contribution < 1.29 is 13.6 Å². The Labute approximate surface area is 121 Å². The molecular weight excluding hydrogens is 272 g/mol. The van der Waals surface area contributed by atoms with Crippen LogP contribution in [0.15, 0.2) is 42.5 Å². The fourth-order valence-corrected chi connectivity index (χ4v) is 2.78. The molecule has 1 unspecified atom stereocenters. The van der Waals surface area contributed by atoms with Crippen LogP contribution >= 0.6 is 0 Å². The van der Waals surface area contributed by atoms with Crippen molar-refractivity contribution in [3.8, 4) is 0 Å². The molecule has 1 heterocycles. The van der Waals surface area contributed by atoms with E-state index in [0.29, 0.717) is 13.1 Å². The molecule has 0 saturated carbocycles. The van der Waals surface area contributed by atoms with Gasteiger partial charge in [0, 0.05) is 25.1 Å². The zero-order chi connectivity index (χ0) is 14.8. The van der Waals surface area contributed by atoms with Crippen molar-refractivity contribution in [1.29, 1.82) is 0 Å². The highest BCUT2D eigenvalue weighted by molar-refractivity contribution is 5.88. The van der Waals surface area contributed by atoms with Crippen molar-refractivity contribution in [3.63, 3.8) is 0 Å². The number of carbonyl (C=O) groups excluding carboxylic acids is 1. The molecule has 2 nitrogen and oxygen atoms in total. The first-order valence-corrected chi connectivity index (χ1v) is 6.91. The van der Waals surface area contributed by atoms with E-state index in [4.69, 9.17) is 0 Å². The lowest BCUT2D eigenvalue weighted by Crippen LogP contribution is -2.33. The second kappa shape index (κ2) is 5.74. The summed E-state index contributed by atoms with van der Waals surface area (Å²) >= 11 is 0. The van der Waals surface area contributed by atoms with Crippen molar-refractivity contribution >= 4 is 5.78 Å². The van der Waals surface area contributed by atoms with Crippen LogP contribution in [0, 0.1) is 11.6 Å². The highest BCUT2D eigenvalue weighted by Crippen LogP contribution is 2.26. The van der Waals surface area contributed by atoms with E-state index in [1.165, 1.54) is 18.2 Å². The van der Waals surface area contributed by atoms with Crippen LogP contribution in [-0.2, 0) is 17.8 Å². The molecule has 2 aromatic rings. The van der Waals surface area contributed by atoms with Crippen LogP contribution in [0.4, 0.5) is 8.78 Å². The predicted octanol–water partition coefficient (Wildman–Crippen LogP) is 2.96. The van der Waals surface area contributed by atoms with Gasteiger partial charge in [0.1, 0.15) is 17.4 Å². The third-order valence-electron chi connectivity index (χ3n) is 3.90. The lowest BCUT2D eigenvalue weighted by molar-refractivity contribution is -0.120. The van der Waals surface area contributed by atoms with Crippen LogP contribution in [0.1, 0.15) is 22.6 Å². The third-order valence-corrected chi connectivity index (χ3v) is 3.90. The minimum atomic E-state index is -0.666. The number of fused-ring (bicyclic) bond motifs is 1. The van der Waals surface area contributed by atoms with Crippen LogP contribution < -0.4 is 5.32 Å². The Morgan fingerprint density at radius 1 is 1.10 bits per heavy atom. The number of Topliss-reactive ketones (excluding diaryl/α,β-unsaturated/α-hetero) is 1. The van der Waals surface area contributed by atoms with Crippen molar-refractivity contribution in [2.75, 3.05) is 6.54 Å². The summed E-state index contributed by atoms with van der Waals surface area (Å²) in [4.78, 5) is 12.5. The molecule has 4 heteroatoms. The second-order valence-electron chi connectivity index (χ2n) is 5.23. The number of nitrogens with one attached hydrogen (secondary N) is 1. The van der Waals surface area contributed by atoms with E-state index in [2.05, 4.69) is 5.32 Å². The first-order valence-electron chi connectivity index (χ1n) is 6.91. The first kappa shape index (κ1) is 13.9. The largest absolute Gasteiger partial charge is 0.312 e. The lowest BCUT2D eigenvalue weighted by atomic mass is 9.85. The van der Waals surface area contributed by atoms with Gasteiger partial charge in [-0.15, -0.1) is 0 Å². The number of carbonyl (C=O) groups is 1. The minimum Gasteiger partial charge on any atom is -0.312 e. The summed E-state index contributed by atoms with van der Waals surface area (Å²) in [5.74, 6) is -1.85. The Bertz CT molecular complexity index is 664. The van der Waals surface area contributed by atoms with E-state index in [1.54, 1.807) is 0 Å². The molecule has 3 rings (SSSR count). The first-order chi connectivity index (χ1) is 10.2. The molecule has 2 aromatic carbocycles. The summed E-state index contributed by atoms with van der Waals surface area (Å²) in [5, 5.41) is 3.18. The summed E-state index contributed by atoms with van der Waals surface area (Å²) < 4.78 is 27.3. The maximum absolute atomic E-state index is 13.7. The van der Waals surface area contributed by atoms with Crippen molar-refractivity contribution in [2.24, 2.45) is 0 Å². The molecule has 0 saturated heterocycles. The van der Waals surface area contributed by atoms with Crippen LogP contribution in [0.2, 0.25) is 0 Å². The summed E-state index contributed by atoms with van der Waals surface area (Å²) in [5.41, 5.74) is 1.87. The Hall–Kier alpha value is -2.07. The highest BCUT2D eigenvalue weighted by Gasteiger charge is 2.27. The molecule has 0 radical (unpaired) electrons. The maximum Gasteiger partial charge on any atom is 0.146 e. The fourth-order valence-electron chi connectivity index (χ4n) is 2.78. The lowest BCUT2D eigenvalue weighted by Gasteiger charge is -2.25. The molecular formula is C17H15F2NO. The summed E-state index contributed by atoms with van der Waals surface area (Å²) in [6, 6.07) is 11.3.